The molecule has 0 radical (unpaired) electrons. The number of halogens is 1. The molecular weight excluding hydrogens is 292 g/mol. The summed E-state index contributed by atoms with van der Waals surface area (Å²) in [6, 6.07) is 12.8. The molecule has 0 amide bonds. The van der Waals surface area contributed by atoms with Crippen molar-refractivity contribution in [3.8, 4) is 5.75 Å². The number of ether oxygens (including phenoxy) is 2. The summed E-state index contributed by atoms with van der Waals surface area (Å²) in [5.74, 6) is -0.640. The summed E-state index contributed by atoms with van der Waals surface area (Å²) in [5, 5.41) is 0.325. The summed E-state index contributed by atoms with van der Waals surface area (Å²) >= 11 is 5.92. The number of benzene rings is 2. The summed E-state index contributed by atoms with van der Waals surface area (Å²) in [6.07, 6.45) is 0. The maximum Gasteiger partial charge on any atom is 0.345 e. The highest BCUT2D eigenvalue weighted by atomic mass is 35.5. The van der Waals surface area contributed by atoms with Gasteiger partial charge in [0, 0.05) is 0 Å². The molecule has 0 bridgehead atoms. The predicted octanol–water partition coefficient (Wildman–Crippen LogP) is 3.74. The Hall–Kier alpha value is -2.33. The van der Waals surface area contributed by atoms with E-state index in [4.69, 9.17) is 21.1 Å². The van der Waals surface area contributed by atoms with Crippen molar-refractivity contribution in [2.45, 2.75) is 6.92 Å². The lowest BCUT2D eigenvalue weighted by Crippen LogP contribution is -2.09. The largest absolute Gasteiger partial charge is 0.462 e. The van der Waals surface area contributed by atoms with Crippen molar-refractivity contribution in [1.29, 1.82) is 0 Å². The van der Waals surface area contributed by atoms with E-state index in [1.165, 1.54) is 24.3 Å². The first-order valence-electron chi connectivity index (χ1n) is 6.35. The lowest BCUT2D eigenvalue weighted by Gasteiger charge is -2.06. The number of carbonyl (C=O) groups is 2. The summed E-state index contributed by atoms with van der Waals surface area (Å²) < 4.78 is 10.1. The molecule has 21 heavy (non-hydrogen) atoms. The first kappa shape index (κ1) is 15.1. The molecule has 5 heteroatoms. The minimum atomic E-state index is -0.551. The van der Waals surface area contributed by atoms with E-state index in [2.05, 4.69) is 0 Å². The van der Waals surface area contributed by atoms with Gasteiger partial charge in [-0.15, -0.1) is 0 Å². The van der Waals surface area contributed by atoms with Crippen LogP contribution in [-0.2, 0) is 4.74 Å². The van der Waals surface area contributed by atoms with Crippen LogP contribution in [0.5, 0.6) is 5.75 Å². The van der Waals surface area contributed by atoms with Crippen LogP contribution in [0.2, 0.25) is 5.02 Å². The summed E-state index contributed by atoms with van der Waals surface area (Å²) in [7, 11) is 0. The fourth-order valence-corrected chi connectivity index (χ4v) is 1.88. The molecule has 2 rings (SSSR count). The maximum absolute atomic E-state index is 12.0. The van der Waals surface area contributed by atoms with E-state index in [9.17, 15) is 9.59 Å². The van der Waals surface area contributed by atoms with E-state index >= 15 is 0 Å². The second-order valence-electron chi connectivity index (χ2n) is 4.11. The van der Waals surface area contributed by atoms with Crippen molar-refractivity contribution < 1.29 is 19.1 Å². The van der Waals surface area contributed by atoms with Crippen molar-refractivity contribution in [3.63, 3.8) is 0 Å². The molecule has 0 N–H and O–H groups in total. The third-order valence-corrected chi connectivity index (χ3v) is 3.00. The highest BCUT2D eigenvalue weighted by Gasteiger charge is 2.13. The molecule has 108 valence electrons. The van der Waals surface area contributed by atoms with Gasteiger partial charge in [-0.25, -0.2) is 9.59 Å². The quantitative estimate of drug-likeness (QED) is 0.638. The third-order valence-electron chi connectivity index (χ3n) is 2.67. The Morgan fingerprint density at radius 1 is 1.00 bits per heavy atom. The molecule has 2 aromatic carbocycles. The first-order chi connectivity index (χ1) is 10.1. The molecule has 0 unspecified atom stereocenters. The van der Waals surface area contributed by atoms with Crippen LogP contribution < -0.4 is 4.74 Å². The van der Waals surface area contributed by atoms with Crippen molar-refractivity contribution in [1.82, 2.24) is 0 Å². The average molecular weight is 305 g/mol. The molecule has 0 aliphatic rings. The van der Waals surface area contributed by atoms with Gasteiger partial charge in [0.05, 0.1) is 22.8 Å². The van der Waals surface area contributed by atoms with Gasteiger partial charge in [0.2, 0.25) is 0 Å². The minimum absolute atomic E-state index is 0.286. The zero-order chi connectivity index (χ0) is 15.2. The highest BCUT2D eigenvalue weighted by Crippen LogP contribution is 2.19. The van der Waals surface area contributed by atoms with Crippen LogP contribution in [-0.4, -0.2) is 18.5 Å². The van der Waals surface area contributed by atoms with E-state index in [1.807, 2.05) is 0 Å². The average Bonchev–Trinajstić information content (AvgIpc) is 2.48. The number of carbonyl (C=O) groups excluding carboxylic acids is 2. The van der Waals surface area contributed by atoms with Crippen LogP contribution in [0.25, 0.3) is 0 Å². The SMILES string of the molecule is CCOC(=O)c1ccc(OC(=O)c2ccccc2Cl)cc1. The molecule has 4 nitrogen and oxygen atoms in total. The highest BCUT2D eigenvalue weighted by molar-refractivity contribution is 6.33. The van der Waals surface area contributed by atoms with Crippen molar-refractivity contribution >= 4 is 23.5 Å². The lowest BCUT2D eigenvalue weighted by atomic mass is 10.2. The fourth-order valence-electron chi connectivity index (χ4n) is 1.66. The molecule has 2 aromatic rings. The van der Waals surface area contributed by atoms with Gasteiger partial charge < -0.3 is 9.47 Å². The van der Waals surface area contributed by atoms with Gasteiger partial charge in [-0.05, 0) is 43.3 Å². The molecule has 0 spiro atoms. The van der Waals surface area contributed by atoms with Crippen molar-refractivity contribution in [3.05, 3.63) is 64.7 Å². The Balaban J connectivity index is 2.09. The normalized spacial score (nSPS) is 10.0. The monoisotopic (exact) mass is 304 g/mol. The molecule has 0 aliphatic carbocycles. The van der Waals surface area contributed by atoms with Crippen LogP contribution in [0.15, 0.2) is 48.5 Å². The first-order valence-corrected chi connectivity index (χ1v) is 6.73. The lowest BCUT2D eigenvalue weighted by molar-refractivity contribution is 0.0526. The summed E-state index contributed by atoms with van der Waals surface area (Å²) in [6.45, 7) is 2.04. The Labute approximate surface area is 127 Å². The van der Waals surface area contributed by atoms with Gasteiger partial charge in [0.1, 0.15) is 5.75 Å². The number of hydrogen-bond acceptors (Lipinski definition) is 4. The smallest absolute Gasteiger partial charge is 0.345 e. The maximum atomic E-state index is 12.0. The Kier molecular flexibility index (Phi) is 4.95. The van der Waals surface area contributed by atoms with Crippen molar-refractivity contribution in [2.75, 3.05) is 6.61 Å². The molecular formula is C16H13ClO4. The van der Waals surface area contributed by atoms with Crippen LogP contribution in [0.3, 0.4) is 0 Å². The Morgan fingerprint density at radius 3 is 2.29 bits per heavy atom. The zero-order valence-corrected chi connectivity index (χ0v) is 12.1. The fraction of sp³-hybridized carbons (Fsp3) is 0.125. The number of hydrogen-bond donors (Lipinski definition) is 0. The van der Waals surface area contributed by atoms with Gasteiger partial charge in [0.25, 0.3) is 0 Å². The molecule has 0 saturated heterocycles. The number of rotatable bonds is 4. The van der Waals surface area contributed by atoms with E-state index in [1.54, 1.807) is 31.2 Å². The van der Waals surface area contributed by atoms with E-state index in [0.717, 1.165) is 0 Å². The number of esters is 2. The van der Waals surface area contributed by atoms with Crippen LogP contribution in [0.1, 0.15) is 27.6 Å². The predicted molar refractivity (Wildman–Crippen MR) is 78.8 cm³/mol. The van der Waals surface area contributed by atoms with E-state index in [0.29, 0.717) is 22.9 Å². The topological polar surface area (TPSA) is 52.6 Å². The van der Waals surface area contributed by atoms with Gasteiger partial charge in [-0.2, -0.15) is 0 Å². The Morgan fingerprint density at radius 2 is 1.67 bits per heavy atom. The van der Waals surface area contributed by atoms with Gasteiger partial charge in [-0.3, -0.25) is 0 Å². The molecule has 0 saturated carbocycles. The molecule has 0 aromatic heterocycles. The third kappa shape index (κ3) is 3.83. The Bertz CT molecular complexity index is 650. The molecule has 0 atom stereocenters. The summed E-state index contributed by atoms with van der Waals surface area (Å²) in [5.41, 5.74) is 0.683. The van der Waals surface area contributed by atoms with Crippen LogP contribution in [0, 0.1) is 0 Å². The van der Waals surface area contributed by atoms with Gasteiger partial charge in [0.15, 0.2) is 0 Å². The zero-order valence-electron chi connectivity index (χ0n) is 11.3. The van der Waals surface area contributed by atoms with Crippen LogP contribution >= 0.6 is 11.6 Å². The van der Waals surface area contributed by atoms with Gasteiger partial charge in [-0.1, -0.05) is 23.7 Å². The van der Waals surface area contributed by atoms with E-state index < -0.39 is 11.9 Å². The van der Waals surface area contributed by atoms with Gasteiger partial charge >= 0.3 is 11.9 Å². The minimum Gasteiger partial charge on any atom is -0.462 e. The van der Waals surface area contributed by atoms with Crippen molar-refractivity contribution in [2.24, 2.45) is 0 Å². The second-order valence-corrected chi connectivity index (χ2v) is 4.52. The second kappa shape index (κ2) is 6.90. The van der Waals surface area contributed by atoms with Crippen LogP contribution in [0.4, 0.5) is 0 Å². The standard InChI is InChI=1S/C16H13ClO4/c1-2-20-15(18)11-7-9-12(10-8-11)21-16(19)13-5-3-4-6-14(13)17/h3-10H,2H2,1H3. The molecule has 0 aliphatic heterocycles. The summed E-state index contributed by atoms with van der Waals surface area (Å²) in [4.78, 5) is 23.5. The van der Waals surface area contributed by atoms with E-state index in [-0.39, 0.29) is 5.56 Å². The molecule has 0 heterocycles. The molecule has 0 fully saturated rings.